The minimum Gasteiger partial charge on any atom is -0.325 e. The van der Waals surface area contributed by atoms with E-state index in [-0.39, 0.29) is 23.3 Å². The topological polar surface area (TPSA) is 64.0 Å². The second-order valence-electron chi connectivity index (χ2n) is 6.47. The Morgan fingerprint density at radius 2 is 1.92 bits per heavy atom. The average molecular weight is 365 g/mol. The van der Waals surface area contributed by atoms with Crippen molar-refractivity contribution in [2.24, 2.45) is 0 Å². The van der Waals surface area contributed by atoms with Crippen molar-refractivity contribution in [3.05, 3.63) is 64.4 Å². The zero-order valence-electron chi connectivity index (χ0n) is 14.4. The van der Waals surface area contributed by atoms with Crippen LogP contribution in [0.1, 0.15) is 24.4 Å². The zero-order valence-corrected chi connectivity index (χ0v) is 15.3. The third-order valence-corrected chi connectivity index (χ3v) is 5.39. The van der Waals surface area contributed by atoms with Crippen molar-refractivity contribution in [3.63, 3.8) is 0 Å². The van der Waals surface area contributed by atoms with Crippen molar-refractivity contribution in [1.29, 1.82) is 0 Å². The van der Waals surface area contributed by atoms with E-state index in [1.54, 1.807) is 4.57 Å². The van der Waals surface area contributed by atoms with Crippen molar-refractivity contribution < 1.29 is 4.79 Å². The summed E-state index contributed by atoms with van der Waals surface area (Å²) in [6.07, 6.45) is 1.98. The van der Waals surface area contributed by atoms with E-state index in [1.807, 2.05) is 55.5 Å². The number of anilines is 1. The van der Waals surface area contributed by atoms with Gasteiger partial charge in [0.2, 0.25) is 5.91 Å². The van der Waals surface area contributed by atoms with E-state index >= 15 is 0 Å². The maximum atomic E-state index is 12.8. The number of hydrogen-bond acceptors (Lipinski definition) is 4. The molecule has 1 N–H and O–H groups in total. The highest BCUT2D eigenvalue weighted by Crippen LogP contribution is 2.36. The Morgan fingerprint density at radius 3 is 2.69 bits per heavy atom. The van der Waals surface area contributed by atoms with Crippen LogP contribution in [0.2, 0.25) is 0 Å². The minimum absolute atomic E-state index is 0.0140. The monoisotopic (exact) mass is 365 g/mol. The zero-order chi connectivity index (χ0) is 18.1. The van der Waals surface area contributed by atoms with Crippen molar-refractivity contribution in [1.82, 2.24) is 9.55 Å². The molecule has 6 heteroatoms. The van der Waals surface area contributed by atoms with Gasteiger partial charge in [0, 0.05) is 11.7 Å². The van der Waals surface area contributed by atoms with Crippen LogP contribution in [0.3, 0.4) is 0 Å². The van der Waals surface area contributed by atoms with Crippen LogP contribution in [-0.4, -0.2) is 21.2 Å². The van der Waals surface area contributed by atoms with Crippen molar-refractivity contribution in [3.8, 4) is 0 Å². The van der Waals surface area contributed by atoms with E-state index < -0.39 is 0 Å². The number of aromatic nitrogens is 2. The summed E-state index contributed by atoms with van der Waals surface area (Å²) in [5, 5.41) is 4.18. The Kier molecular flexibility index (Phi) is 4.51. The molecule has 1 aliphatic carbocycles. The molecule has 1 aromatic heterocycles. The number of amides is 1. The first kappa shape index (κ1) is 16.8. The molecule has 26 heavy (non-hydrogen) atoms. The third-order valence-electron chi connectivity index (χ3n) is 4.44. The Bertz CT molecular complexity index is 1040. The Labute approximate surface area is 155 Å². The molecule has 5 nitrogen and oxygen atoms in total. The molecule has 1 saturated carbocycles. The molecular formula is C20H19N3O2S. The molecule has 1 aliphatic rings. The Balaban J connectivity index is 1.57. The molecule has 1 amide bonds. The molecule has 4 rings (SSSR count). The second-order valence-corrected chi connectivity index (χ2v) is 7.41. The maximum absolute atomic E-state index is 12.8. The molecule has 2 aromatic carbocycles. The fourth-order valence-corrected chi connectivity index (χ4v) is 3.78. The quantitative estimate of drug-likeness (QED) is 0.552. The van der Waals surface area contributed by atoms with Crippen LogP contribution in [0, 0.1) is 6.92 Å². The summed E-state index contributed by atoms with van der Waals surface area (Å²) < 4.78 is 1.76. The first-order valence-corrected chi connectivity index (χ1v) is 9.61. The van der Waals surface area contributed by atoms with Crippen LogP contribution in [0.4, 0.5) is 5.69 Å². The normalized spacial score (nSPS) is 13.7. The highest BCUT2D eigenvalue weighted by atomic mass is 32.2. The molecule has 0 spiro atoms. The van der Waals surface area contributed by atoms with Crippen molar-refractivity contribution in [2.45, 2.75) is 31.0 Å². The summed E-state index contributed by atoms with van der Waals surface area (Å²) in [7, 11) is 0. The van der Waals surface area contributed by atoms with Crippen molar-refractivity contribution >= 4 is 34.3 Å². The number of para-hydroxylation sites is 2. The highest BCUT2D eigenvalue weighted by molar-refractivity contribution is 7.99. The lowest BCUT2D eigenvalue weighted by atomic mass is 10.2. The average Bonchev–Trinajstić information content (AvgIpc) is 3.47. The number of carbonyl (C=O) groups is 1. The second kappa shape index (κ2) is 6.96. The van der Waals surface area contributed by atoms with Gasteiger partial charge < -0.3 is 5.32 Å². The van der Waals surface area contributed by atoms with Crippen molar-refractivity contribution in [2.75, 3.05) is 11.1 Å². The number of hydrogen-bond donors (Lipinski definition) is 1. The fourth-order valence-electron chi connectivity index (χ4n) is 2.91. The summed E-state index contributed by atoms with van der Waals surface area (Å²) in [6, 6.07) is 15.2. The number of fused-ring (bicyclic) bond motifs is 1. The van der Waals surface area contributed by atoms with E-state index in [9.17, 15) is 9.59 Å². The van der Waals surface area contributed by atoms with Crippen LogP contribution in [0.15, 0.2) is 58.5 Å². The molecule has 0 saturated heterocycles. The predicted octanol–water partition coefficient (Wildman–Crippen LogP) is 3.77. The van der Waals surface area contributed by atoms with Gasteiger partial charge in [0.05, 0.1) is 16.7 Å². The lowest BCUT2D eigenvalue weighted by Gasteiger charge is -2.12. The van der Waals surface area contributed by atoms with Gasteiger partial charge in [0.15, 0.2) is 5.16 Å². The van der Waals surface area contributed by atoms with Crippen LogP contribution in [0.5, 0.6) is 0 Å². The molecule has 132 valence electrons. The first-order chi connectivity index (χ1) is 12.6. The number of benzene rings is 2. The summed E-state index contributed by atoms with van der Waals surface area (Å²) in [6.45, 7) is 1.96. The van der Waals surface area contributed by atoms with E-state index in [0.29, 0.717) is 16.1 Å². The summed E-state index contributed by atoms with van der Waals surface area (Å²) >= 11 is 1.32. The minimum atomic E-state index is -0.103. The van der Waals surface area contributed by atoms with Gasteiger partial charge in [0.1, 0.15) is 0 Å². The number of aryl methyl sites for hydroxylation is 1. The van der Waals surface area contributed by atoms with Gasteiger partial charge in [-0.1, -0.05) is 42.1 Å². The smallest absolute Gasteiger partial charge is 0.262 e. The van der Waals surface area contributed by atoms with Gasteiger partial charge in [-0.2, -0.15) is 0 Å². The third kappa shape index (κ3) is 3.37. The largest absolute Gasteiger partial charge is 0.325 e. The van der Waals surface area contributed by atoms with E-state index in [2.05, 4.69) is 10.3 Å². The Hall–Kier alpha value is -2.60. The van der Waals surface area contributed by atoms with Gasteiger partial charge in [-0.15, -0.1) is 0 Å². The van der Waals surface area contributed by atoms with Crippen LogP contribution in [0.25, 0.3) is 10.9 Å². The number of thioether (sulfide) groups is 1. The van der Waals surface area contributed by atoms with Crippen LogP contribution in [-0.2, 0) is 4.79 Å². The Morgan fingerprint density at radius 1 is 1.19 bits per heavy atom. The van der Waals surface area contributed by atoms with Crippen LogP contribution >= 0.6 is 11.8 Å². The number of nitrogens with zero attached hydrogens (tertiary/aromatic N) is 2. The number of carbonyl (C=O) groups excluding carboxylic acids is 1. The number of nitrogens with one attached hydrogen (secondary N) is 1. The summed E-state index contributed by atoms with van der Waals surface area (Å²) in [5.74, 6) is 0.111. The highest BCUT2D eigenvalue weighted by Gasteiger charge is 2.28. The molecular weight excluding hydrogens is 346 g/mol. The predicted molar refractivity (Wildman–Crippen MR) is 105 cm³/mol. The first-order valence-electron chi connectivity index (χ1n) is 8.63. The maximum Gasteiger partial charge on any atom is 0.262 e. The standard InChI is InChI=1S/C20H19N3O2S/c1-13-6-2-4-8-16(13)21-18(24)12-26-20-22-17-9-5-3-7-15(17)19(25)23(20)14-10-11-14/h2-9,14H,10-12H2,1H3,(H,21,24). The number of rotatable bonds is 5. The van der Waals surface area contributed by atoms with Gasteiger partial charge in [-0.3, -0.25) is 14.2 Å². The van der Waals surface area contributed by atoms with Gasteiger partial charge in [-0.25, -0.2) is 4.98 Å². The van der Waals surface area contributed by atoms with E-state index in [4.69, 9.17) is 0 Å². The van der Waals surface area contributed by atoms with Gasteiger partial charge >= 0.3 is 0 Å². The molecule has 0 aliphatic heterocycles. The van der Waals surface area contributed by atoms with Gasteiger partial charge in [0.25, 0.3) is 5.56 Å². The molecule has 0 radical (unpaired) electrons. The van der Waals surface area contributed by atoms with Gasteiger partial charge in [-0.05, 0) is 43.5 Å². The lowest BCUT2D eigenvalue weighted by Crippen LogP contribution is -2.23. The molecule has 0 bridgehead atoms. The van der Waals surface area contributed by atoms with E-state index in [0.717, 1.165) is 24.1 Å². The SMILES string of the molecule is Cc1ccccc1NC(=O)CSc1nc2ccccc2c(=O)n1C1CC1. The lowest BCUT2D eigenvalue weighted by molar-refractivity contribution is -0.113. The molecule has 1 fully saturated rings. The fraction of sp³-hybridized carbons (Fsp3) is 0.250. The summed E-state index contributed by atoms with van der Waals surface area (Å²) in [4.78, 5) is 29.8. The summed E-state index contributed by atoms with van der Waals surface area (Å²) in [5.41, 5.74) is 2.49. The van der Waals surface area contributed by atoms with Crippen LogP contribution < -0.4 is 10.9 Å². The van der Waals surface area contributed by atoms with E-state index in [1.165, 1.54) is 11.8 Å². The molecule has 3 aromatic rings. The molecule has 1 heterocycles. The molecule has 0 unspecified atom stereocenters. The molecule has 0 atom stereocenters.